The van der Waals surface area contributed by atoms with Crippen LogP contribution in [0.3, 0.4) is 0 Å². The Hall–Kier alpha value is -4.29. The Labute approximate surface area is 207 Å². The van der Waals surface area contributed by atoms with Crippen LogP contribution in [0.1, 0.15) is 26.3 Å². The first-order valence-electron chi connectivity index (χ1n) is 11.1. The molecule has 0 bridgehead atoms. The van der Waals surface area contributed by atoms with E-state index in [4.69, 9.17) is 9.72 Å². The summed E-state index contributed by atoms with van der Waals surface area (Å²) >= 11 is 1.30. The van der Waals surface area contributed by atoms with Crippen LogP contribution >= 0.6 is 11.3 Å². The molecule has 0 fully saturated rings. The molecule has 5 aromatic rings. The maximum atomic E-state index is 13.6. The zero-order valence-corrected chi connectivity index (χ0v) is 20.1. The van der Waals surface area contributed by atoms with Crippen molar-refractivity contribution in [3.05, 3.63) is 107 Å². The number of hydrogen-bond acceptors (Lipinski definition) is 5. The smallest absolute Gasteiger partial charge is 0.341 e. The number of thiophene rings is 1. The lowest BCUT2D eigenvalue weighted by molar-refractivity contribution is 0.0603. The summed E-state index contributed by atoms with van der Waals surface area (Å²) in [5, 5.41) is 6.01. The van der Waals surface area contributed by atoms with Gasteiger partial charge in [0.1, 0.15) is 10.6 Å². The third-order valence-corrected chi connectivity index (χ3v) is 6.66. The number of carbonyl (C=O) groups is 2. The number of rotatable bonds is 5. The first-order chi connectivity index (χ1) is 17.0. The van der Waals surface area contributed by atoms with Gasteiger partial charge in [-0.05, 0) is 30.7 Å². The van der Waals surface area contributed by atoms with Gasteiger partial charge < -0.3 is 10.1 Å². The normalized spacial score (nSPS) is 10.8. The molecule has 0 radical (unpaired) electrons. The van der Waals surface area contributed by atoms with Crippen LogP contribution in [-0.4, -0.2) is 24.0 Å². The molecule has 172 valence electrons. The summed E-state index contributed by atoms with van der Waals surface area (Å²) in [6.45, 7) is 2.02. The molecule has 0 atom stereocenters. The van der Waals surface area contributed by atoms with Gasteiger partial charge >= 0.3 is 5.97 Å². The molecule has 5 nitrogen and oxygen atoms in total. The number of pyridine rings is 1. The summed E-state index contributed by atoms with van der Waals surface area (Å²) in [6, 6.07) is 26.9. The molecule has 35 heavy (non-hydrogen) atoms. The van der Waals surface area contributed by atoms with Crippen molar-refractivity contribution in [1.82, 2.24) is 4.98 Å². The van der Waals surface area contributed by atoms with Crippen molar-refractivity contribution in [3.63, 3.8) is 0 Å². The van der Waals surface area contributed by atoms with Crippen molar-refractivity contribution in [2.24, 2.45) is 0 Å². The average Bonchev–Trinajstić information content (AvgIpc) is 3.31. The van der Waals surface area contributed by atoms with Crippen LogP contribution in [0.25, 0.3) is 33.3 Å². The SMILES string of the molecule is COC(=O)c1c(-c2ccccc2)csc1NC(=O)c1cc(-c2cccc(C)c2)nc2ccccc12. The van der Waals surface area contributed by atoms with E-state index in [1.165, 1.54) is 18.4 Å². The van der Waals surface area contributed by atoms with E-state index >= 15 is 0 Å². The summed E-state index contributed by atoms with van der Waals surface area (Å²) in [7, 11) is 1.34. The Morgan fingerprint density at radius 3 is 2.40 bits per heavy atom. The molecule has 0 saturated heterocycles. The number of para-hydroxylation sites is 1. The minimum atomic E-state index is -0.500. The Kier molecular flexibility index (Phi) is 6.12. The number of fused-ring (bicyclic) bond motifs is 1. The molecule has 0 unspecified atom stereocenters. The number of anilines is 1. The lowest BCUT2D eigenvalue weighted by atomic mass is 10.0. The van der Waals surface area contributed by atoms with E-state index in [-0.39, 0.29) is 5.91 Å². The second-order valence-corrected chi connectivity index (χ2v) is 8.99. The van der Waals surface area contributed by atoms with Crippen LogP contribution in [0.4, 0.5) is 5.00 Å². The van der Waals surface area contributed by atoms with Crippen molar-refractivity contribution >= 4 is 39.1 Å². The summed E-state index contributed by atoms with van der Waals surface area (Å²) in [4.78, 5) is 31.1. The zero-order chi connectivity index (χ0) is 24.4. The Morgan fingerprint density at radius 2 is 1.63 bits per heavy atom. The number of methoxy groups -OCH3 is 1. The van der Waals surface area contributed by atoms with Crippen molar-refractivity contribution in [2.75, 3.05) is 12.4 Å². The highest BCUT2D eigenvalue weighted by Gasteiger charge is 2.23. The van der Waals surface area contributed by atoms with E-state index in [0.29, 0.717) is 21.8 Å². The number of carbonyl (C=O) groups excluding carboxylic acids is 2. The first-order valence-corrected chi connectivity index (χ1v) is 12.0. The van der Waals surface area contributed by atoms with E-state index in [2.05, 4.69) is 5.32 Å². The number of ether oxygens (including phenoxy) is 1. The lowest BCUT2D eigenvalue weighted by Gasteiger charge is -2.12. The van der Waals surface area contributed by atoms with Gasteiger partial charge in [-0.15, -0.1) is 11.3 Å². The van der Waals surface area contributed by atoms with Gasteiger partial charge in [-0.3, -0.25) is 4.79 Å². The number of hydrogen-bond donors (Lipinski definition) is 1. The minimum Gasteiger partial charge on any atom is -0.465 e. The fraction of sp³-hybridized carbons (Fsp3) is 0.0690. The van der Waals surface area contributed by atoms with Gasteiger partial charge in [0.05, 0.1) is 23.9 Å². The number of benzene rings is 3. The zero-order valence-electron chi connectivity index (χ0n) is 19.2. The number of nitrogens with zero attached hydrogens (tertiary/aromatic N) is 1. The molecule has 0 aliphatic heterocycles. The number of aryl methyl sites for hydroxylation is 1. The van der Waals surface area contributed by atoms with Crippen LogP contribution in [0.5, 0.6) is 0 Å². The van der Waals surface area contributed by atoms with Crippen LogP contribution in [0, 0.1) is 6.92 Å². The molecule has 0 aliphatic carbocycles. The molecule has 6 heteroatoms. The van der Waals surface area contributed by atoms with Crippen molar-refractivity contribution in [2.45, 2.75) is 6.92 Å². The third kappa shape index (κ3) is 4.44. The second-order valence-electron chi connectivity index (χ2n) is 8.11. The standard InChI is InChI=1S/C29H22N2O3S/c1-18-9-8-12-20(15-18)25-16-22(21-13-6-7-14-24(21)30-25)27(32)31-28-26(29(33)34-2)23(17-35-28)19-10-4-3-5-11-19/h3-17H,1-2H3,(H,31,32). The van der Waals surface area contributed by atoms with Gasteiger partial charge in [0.25, 0.3) is 5.91 Å². The molecule has 0 aliphatic rings. The van der Waals surface area contributed by atoms with Crippen LogP contribution < -0.4 is 5.32 Å². The van der Waals surface area contributed by atoms with Crippen molar-refractivity contribution in [1.29, 1.82) is 0 Å². The van der Waals surface area contributed by atoms with E-state index in [1.54, 1.807) is 6.07 Å². The predicted octanol–water partition coefficient (Wildman–Crippen LogP) is 6.98. The number of esters is 1. The number of amides is 1. The van der Waals surface area contributed by atoms with Gasteiger partial charge in [-0.2, -0.15) is 0 Å². The molecule has 2 heterocycles. The predicted molar refractivity (Wildman–Crippen MR) is 141 cm³/mol. The van der Waals surface area contributed by atoms with Crippen LogP contribution in [-0.2, 0) is 4.74 Å². The molecular formula is C29H22N2O3S. The largest absolute Gasteiger partial charge is 0.465 e. The highest BCUT2D eigenvalue weighted by Crippen LogP contribution is 2.37. The van der Waals surface area contributed by atoms with E-state index < -0.39 is 5.97 Å². The molecule has 5 rings (SSSR count). The highest BCUT2D eigenvalue weighted by atomic mass is 32.1. The Bertz CT molecular complexity index is 1560. The Morgan fingerprint density at radius 1 is 0.886 bits per heavy atom. The molecule has 1 amide bonds. The van der Waals surface area contributed by atoms with Gasteiger partial charge in [0, 0.05) is 21.9 Å². The molecular weight excluding hydrogens is 456 g/mol. The maximum Gasteiger partial charge on any atom is 0.341 e. The third-order valence-electron chi connectivity index (χ3n) is 5.77. The van der Waals surface area contributed by atoms with Crippen LogP contribution in [0.15, 0.2) is 90.3 Å². The molecule has 1 N–H and O–H groups in total. The fourth-order valence-corrected chi connectivity index (χ4v) is 5.02. The second kappa shape index (κ2) is 9.52. The monoisotopic (exact) mass is 478 g/mol. The van der Waals surface area contributed by atoms with E-state index in [9.17, 15) is 9.59 Å². The summed E-state index contributed by atoms with van der Waals surface area (Å²) in [5.41, 5.74) is 5.90. The van der Waals surface area contributed by atoms with Gasteiger partial charge in [-0.25, -0.2) is 9.78 Å². The highest BCUT2D eigenvalue weighted by molar-refractivity contribution is 7.15. The molecule has 3 aromatic carbocycles. The van der Waals surface area contributed by atoms with E-state index in [1.807, 2.05) is 91.2 Å². The summed E-state index contributed by atoms with van der Waals surface area (Å²) in [6.07, 6.45) is 0. The molecule has 0 saturated carbocycles. The van der Waals surface area contributed by atoms with Gasteiger partial charge in [-0.1, -0.05) is 72.3 Å². The molecule has 0 spiro atoms. The first kappa shape index (κ1) is 22.5. The quantitative estimate of drug-likeness (QED) is 0.277. The fourth-order valence-electron chi connectivity index (χ4n) is 4.07. The summed E-state index contributed by atoms with van der Waals surface area (Å²) in [5.74, 6) is -0.815. The average molecular weight is 479 g/mol. The minimum absolute atomic E-state index is 0.316. The van der Waals surface area contributed by atoms with Gasteiger partial charge in [0.2, 0.25) is 0 Å². The van der Waals surface area contributed by atoms with Gasteiger partial charge in [0.15, 0.2) is 0 Å². The Balaban J connectivity index is 1.59. The lowest BCUT2D eigenvalue weighted by Crippen LogP contribution is -2.15. The topological polar surface area (TPSA) is 68.3 Å². The van der Waals surface area contributed by atoms with Crippen molar-refractivity contribution in [3.8, 4) is 22.4 Å². The van der Waals surface area contributed by atoms with E-state index in [0.717, 1.165) is 33.2 Å². The number of nitrogens with one attached hydrogen (secondary N) is 1. The number of aromatic nitrogens is 1. The maximum absolute atomic E-state index is 13.6. The molecule has 2 aromatic heterocycles. The van der Waals surface area contributed by atoms with Crippen molar-refractivity contribution < 1.29 is 14.3 Å². The summed E-state index contributed by atoms with van der Waals surface area (Å²) < 4.78 is 5.05. The van der Waals surface area contributed by atoms with Crippen LogP contribution in [0.2, 0.25) is 0 Å².